The van der Waals surface area contributed by atoms with Crippen LogP contribution in [0.2, 0.25) is 5.02 Å². The number of carbonyl (C=O) groups is 1. The van der Waals surface area contributed by atoms with Crippen LogP contribution in [-0.2, 0) is 6.54 Å². The van der Waals surface area contributed by atoms with Gasteiger partial charge in [0, 0.05) is 28.9 Å². The number of halogens is 1. The summed E-state index contributed by atoms with van der Waals surface area (Å²) in [6.07, 6.45) is 3.42. The summed E-state index contributed by atoms with van der Waals surface area (Å²) in [5, 5.41) is 9.95. The van der Waals surface area contributed by atoms with Crippen molar-refractivity contribution < 1.29 is 4.79 Å². The first-order valence-corrected chi connectivity index (χ1v) is 5.56. The van der Waals surface area contributed by atoms with Gasteiger partial charge in [-0.05, 0) is 30.7 Å². The number of carbonyl (C=O) groups excluding carboxylic acids is 1. The number of nitrogens with zero attached hydrogens (tertiary/aromatic N) is 1. The van der Waals surface area contributed by atoms with E-state index in [-0.39, 0.29) is 5.91 Å². The van der Waals surface area contributed by atoms with Crippen LogP contribution in [0.3, 0.4) is 0 Å². The lowest BCUT2D eigenvalue weighted by Crippen LogP contribution is -2.23. The Morgan fingerprint density at radius 3 is 3.00 bits per heavy atom. The van der Waals surface area contributed by atoms with E-state index < -0.39 is 0 Å². The largest absolute Gasteiger partial charge is 0.348 e. The molecule has 0 fully saturated rings. The minimum atomic E-state index is -0.111. The molecule has 1 amide bonds. The molecule has 5 heteroatoms. The molecule has 2 rings (SSSR count). The van der Waals surface area contributed by atoms with Crippen LogP contribution in [0.25, 0.3) is 0 Å². The van der Waals surface area contributed by atoms with Crippen LogP contribution in [0.1, 0.15) is 21.5 Å². The Kier molecular flexibility index (Phi) is 3.44. The molecule has 2 N–H and O–H groups in total. The van der Waals surface area contributed by atoms with Crippen LogP contribution < -0.4 is 5.32 Å². The van der Waals surface area contributed by atoms with E-state index in [2.05, 4.69) is 15.5 Å². The van der Waals surface area contributed by atoms with Crippen molar-refractivity contribution in [2.45, 2.75) is 13.5 Å². The van der Waals surface area contributed by atoms with Crippen molar-refractivity contribution in [3.8, 4) is 0 Å². The first kappa shape index (κ1) is 11.7. The molecule has 0 atom stereocenters. The molecule has 0 aliphatic rings. The average molecular weight is 250 g/mol. The second kappa shape index (κ2) is 5.01. The van der Waals surface area contributed by atoms with Crippen LogP contribution in [0.5, 0.6) is 0 Å². The zero-order valence-corrected chi connectivity index (χ0v) is 10.1. The summed E-state index contributed by atoms with van der Waals surface area (Å²) in [7, 11) is 0. The van der Waals surface area contributed by atoms with Gasteiger partial charge in [-0.15, -0.1) is 0 Å². The molecule has 0 saturated heterocycles. The third kappa shape index (κ3) is 2.85. The Bertz CT molecular complexity index is 523. The molecule has 0 aliphatic heterocycles. The molecule has 0 radical (unpaired) electrons. The number of nitrogens with one attached hydrogen (secondary N) is 2. The van der Waals surface area contributed by atoms with Crippen molar-refractivity contribution >= 4 is 17.5 Å². The maximum Gasteiger partial charge on any atom is 0.251 e. The fraction of sp³-hybridized carbons (Fsp3) is 0.167. The zero-order valence-electron chi connectivity index (χ0n) is 9.33. The van der Waals surface area contributed by atoms with E-state index in [1.165, 1.54) is 0 Å². The van der Waals surface area contributed by atoms with E-state index in [4.69, 9.17) is 11.6 Å². The van der Waals surface area contributed by atoms with E-state index in [1.54, 1.807) is 30.6 Å². The van der Waals surface area contributed by atoms with E-state index >= 15 is 0 Å². The van der Waals surface area contributed by atoms with Crippen molar-refractivity contribution in [3.63, 3.8) is 0 Å². The van der Waals surface area contributed by atoms with Gasteiger partial charge in [0.2, 0.25) is 0 Å². The summed E-state index contributed by atoms with van der Waals surface area (Å²) >= 11 is 5.84. The second-order valence-corrected chi connectivity index (χ2v) is 4.18. The van der Waals surface area contributed by atoms with Crippen LogP contribution in [-0.4, -0.2) is 16.1 Å². The molecule has 0 aliphatic carbocycles. The van der Waals surface area contributed by atoms with E-state index in [0.29, 0.717) is 17.1 Å². The first-order valence-electron chi connectivity index (χ1n) is 5.19. The highest BCUT2D eigenvalue weighted by Crippen LogP contribution is 2.15. The number of H-pyrrole nitrogens is 1. The third-order valence-electron chi connectivity index (χ3n) is 2.44. The molecule has 0 spiro atoms. The van der Waals surface area contributed by atoms with Gasteiger partial charge in [-0.2, -0.15) is 5.10 Å². The van der Waals surface area contributed by atoms with Gasteiger partial charge >= 0.3 is 0 Å². The van der Waals surface area contributed by atoms with E-state index in [9.17, 15) is 4.79 Å². The van der Waals surface area contributed by atoms with Gasteiger partial charge in [-0.25, -0.2) is 0 Å². The first-order chi connectivity index (χ1) is 8.16. The van der Waals surface area contributed by atoms with Gasteiger partial charge in [0.05, 0.1) is 6.20 Å². The van der Waals surface area contributed by atoms with Gasteiger partial charge in [0.1, 0.15) is 0 Å². The Balaban J connectivity index is 2.04. The Morgan fingerprint density at radius 2 is 2.35 bits per heavy atom. The number of aromatic nitrogens is 2. The second-order valence-electron chi connectivity index (χ2n) is 3.75. The molecule has 88 valence electrons. The van der Waals surface area contributed by atoms with Crippen molar-refractivity contribution in [3.05, 3.63) is 52.3 Å². The fourth-order valence-electron chi connectivity index (χ4n) is 1.53. The standard InChI is InChI=1S/C12H12ClN3O/c1-8-4-10(13)2-3-11(8)12(17)14-5-9-6-15-16-7-9/h2-4,6-7H,5H2,1H3,(H,14,17)(H,15,16). The summed E-state index contributed by atoms with van der Waals surface area (Å²) in [6, 6.07) is 5.21. The van der Waals surface area contributed by atoms with Gasteiger partial charge in [-0.1, -0.05) is 11.6 Å². The summed E-state index contributed by atoms with van der Waals surface area (Å²) in [5.41, 5.74) is 2.44. The van der Waals surface area contributed by atoms with Crippen molar-refractivity contribution in [1.29, 1.82) is 0 Å². The Morgan fingerprint density at radius 1 is 1.53 bits per heavy atom. The van der Waals surface area contributed by atoms with Crippen molar-refractivity contribution in [1.82, 2.24) is 15.5 Å². The minimum absolute atomic E-state index is 0.111. The maximum atomic E-state index is 11.9. The molecule has 1 aromatic carbocycles. The highest BCUT2D eigenvalue weighted by Gasteiger charge is 2.08. The minimum Gasteiger partial charge on any atom is -0.348 e. The van der Waals surface area contributed by atoms with Crippen LogP contribution in [0.15, 0.2) is 30.6 Å². The molecular formula is C12H12ClN3O. The summed E-state index contributed by atoms with van der Waals surface area (Å²) in [6.45, 7) is 2.32. The SMILES string of the molecule is Cc1cc(Cl)ccc1C(=O)NCc1cn[nH]c1. The van der Waals surface area contributed by atoms with Gasteiger partial charge in [0.25, 0.3) is 5.91 Å². The zero-order chi connectivity index (χ0) is 12.3. The highest BCUT2D eigenvalue weighted by atomic mass is 35.5. The Labute approximate surface area is 104 Å². The fourth-order valence-corrected chi connectivity index (χ4v) is 1.76. The molecule has 17 heavy (non-hydrogen) atoms. The van der Waals surface area contributed by atoms with Gasteiger partial charge < -0.3 is 5.32 Å². The number of rotatable bonds is 3. The maximum absolute atomic E-state index is 11.9. The van der Waals surface area contributed by atoms with Crippen LogP contribution >= 0.6 is 11.6 Å². The summed E-state index contributed by atoms with van der Waals surface area (Å²) in [4.78, 5) is 11.9. The molecule has 2 aromatic rings. The molecule has 0 unspecified atom stereocenters. The van der Waals surface area contributed by atoms with Gasteiger partial charge in [0.15, 0.2) is 0 Å². The van der Waals surface area contributed by atoms with Crippen LogP contribution in [0, 0.1) is 6.92 Å². The highest BCUT2D eigenvalue weighted by molar-refractivity contribution is 6.30. The normalized spacial score (nSPS) is 10.2. The number of benzene rings is 1. The number of aromatic amines is 1. The smallest absolute Gasteiger partial charge is 0.251 e. The van der Waals surface area contributed by atoms with E-state index in [1.807, 2.05) is 6.92 Å². The number of aryl methyl sites for hydroxylation is 1. The molecule has 1 aromatic heterocycles. The average Bonchev–Trinajstić information content (AvgIpc) is 2.78. The van der Waals surface area contributed by atoms with E-state index in [0.717, 1.165) is 11.1 Å². The molecule has 1 heterocycles. The van der Waals surface area contributed by atoms with Crippen LogP contribution in [0.4, 0.5) is 0 Å². The summed E-state index contributed by atoms with van der Waals surface area (Å²) < 4.78 is 0. The lowest BCUT2D eigenvalue weighted by atomic mass is 10.1. The predicted octanol–water partition coefficient (Wildman–Crippen LogP) is 2.30. The summed E-state index contributed by atoms with van der Waals surface area (Å²) in [5.74, 6) is -0.111. The molecular weight excluding hydrogens is 238 g/mol. The topological polar surface area (TPSA) is 57.8 Å². The number of hydrogen-bond acceptors (Lipinski definition) is 2. The lowest BCUT2D eigenvalue weighted by Gasteiger charge is -2.06. The lowest BCUT2D eigenvalue weighted by molar-refractivity contribution is 0.0950. The molecule has 0 bridgehead atoms. The third-order valence-corrected chi connectivity index (χ3v) is 2.68. The van der Waals surface area contributed by atoms with Crippen molar-refractivity contribution in [2.24, 2.45) is 0 Å². The Hall–Kier alpha value is -1.81. The predicted molar refractivity (Wildman–Crippen MR) is 65.9 cm³/mol. The van der Waals surface area contributed by atoms with Gasteiger partial charge in [-0.3, -0.25) is 9.89 Å². The monoisotopic (exact) mass is 249 g/mol. The number of amides is 1. The molecule has 4 nitrogen and oxygen atoms in total. The quantitative estimate of drug-likeness (QED) is 0.877. The number of hydrogen-bond donors (Lipinski definition) is 2. The van der Waals surface area contributed by atoms with Crippen molar-refractivity contribution in [2.75, 3.05) is 0 Å². The molecule has 0 saturated carbocycles.